The number of fused-ring (bicyclic) bond motifs is 1. The number of aromatic nitrogens is 4. The highest BCUT2D eigenvalue weighted by atomic mass is 19.4. The standard InChI is InChI=1S/C22H13F4N5O7/c23-12-3-9(19(33)34)1-2-13(12)30-21(37)38-7-10-6-31(8-27-10)16-5-15-14(4-11(16)22(24,25)26)29-18(32)17(28-15)20(35)36/h1-6,8H,7H2,(H,29,32)(H,30,37)(H,33,34)(H,35,36). The van der Waals surface area contributed by atoms with Gasteiger partial charge in [-0.2, -0.15) is 13.2 Å². The fourth-order valence-electron chi connectivity index (χ4n) is 3.31. The molecule has 1 amide bonds. The number of hydrogen-bond acceptors (Lipinski definition) is 7. The van der Waals surface area contributed by atoms with Crippen LogP contribution in [0.15, 0.2) is 47.7 Å². The Morgan fingerprint density at radius 2 is 1.84 bits per heavy atom. The number of carboxylic acid groups (broad SMARTS) is 2. The molecule has 4 aromatic rings. The normalized spacial score (nSPS) is 11.4. The molecule has 38 heavy (non-hydrogen) atoms. The van der Waals surface area contributed by atoms with Gasteiger partial charge in [-0.25, -0.2) is 28.7 Å². The number of carbonyl (C=O) groups is 3. The highest BCUT2D eigenvalue weighted by molar-refractivity contribution is 5.90. The number of halogens is 4. The lowest BCUT2D eigenvalue weighted by atomic mass is 10.1. The van der Waals surface area contributed by atoms with Crippen molar-refractivity contribution < 1.29 is 46.9 Å². The molecule has 16 heteroatoms. The maximum absolute atomic E-state index is 14.0. The van der Waals surface area contributed by atoms with Crippen LogP contribution in [0.25, 0.3) is 16.7 Å². The van der Waals surface area contributed by atoms with Crippen molar-refractivity contribution in [2.75, 3.05) is 5.32 Å². The summed E-state index contributed by atoms with van der Waals surface area (Å²) in [5, 5.41) is 20.0. The summed E-state index contributed by atoms with van der Waals surface area (Å²) >= 11 is 0. The summed E-state index contributed by atoms with van der Waals surface area (Å²) in [7, 11) is 0. The molecule has 196 valence electrons. The number of rotatable bonds is 6. The number of imidazole rings is 1. The summed E-state index contributed by atoms with van der Waals surface area (Å²) < 4.78 is 61.1. The Balaban J connectivity index is 1.57. The largest absolute Gasteiger partial charge is 0.478 e. The van der Waals surface area contributed by atoms with Gasteiger partial charge in [0.2, 0.25) is 5.69 Å². The minimum absolute atomic E-state index is 0.0179. The molecule has 0 aliphatic carbocycles. The number of carboxylic acids is 2. The lowest BCUT2D eigenvalue weighted by Gasteiger charge is -2.14. The quantitative estimate of drug-likeness (QED) is 0.270. The predicted molar refractivity (Wildman–Crippen MR) is 119 cm³/mol. The maximum atomic E-state index is 14.0. The number of nitrogens with zero attached hydrogens (tertiary/aromatic N) is 3. The number of aromatic carboxylic acids is 2. The average Bonchev–Trinajstić information content (AvgIpc) is 3.31. The zero-order valence-electron chi connectivity index (χ0n) is 18.5. The monoisotopic (exact) mass is 535 g/mol. The number of carbonyl (C=O) groups excluding carboxylic acids is 1. The maximum Gasteiger partial charge on any atom is 0.418 e. The van der Waals surface area contributed by atoms with Crippen LogP contribution >= 0.6 is 0 Å². The van der Waals surface area contributed by atoms with E-state index in [9.17, 15) is 36.7 Å². The Labute approximate surface area is 207 Å². The lowest BCUT2D eigenvalue weighted by Crippen LogP contribution is -2.20. The molecule has 0 spiro atoms. The summed E-state index contributed by atoms with van der Waals surface area (Å²) in [5.41, 5.74) is -5.13. The first-order valence-corrected chi connectivity index (χ1v) is 10.2. The van der Waals surface area contributed by atoms with E-state index in [1.807, 2.05) is 0 Å². The van der Waals surface area contributed by atoms with Crippen LogP contribution in [0.4, 0.5) is 28.0 Å². The highest BCUT2D eigenvalue weighted by Gasteiger charge is 2.35. The third-order valence-electron chi connectivity index (χ3n) is 5.04. The Kier molecular flexibility index (Phi) is 6.55. The number of nitrogens with one attached hydrogen (secondary N) is 2. The van der Waals surface area contributed by atoms with Gasteiger partial charge in [0.05, 0.1) is 45.6 Å². The van der Waals surface area contributed by atoms with Crippen LogP contribution in [0.5, 0.6) is 0 Å². The minimum atomic E-state index is -4.90. The average molecular weight is 535 g/mol. The molecular formula is C22H13F4N5O7. The Morgan fingerprint density at radius 1 is 1.11 bits per heavy atom. The number of aromatic amines is 1. The van der Waals surface area contributed by atoms with Gasteiger partial charge in [0.1, 0.15) is 12.4 Å². The van der Waals surface area contributed by atoms with Crippen molar-refractivity contribution in [2.24, 2.45) is 0 Å². The van der Waals surface area contributed by atoms with E-state index in [1.54, 1.807) is 0 Å². The molecule has 2 aromatic heterocycles. The molecule has 4 rings (SSSR count). The molecule has 0 aliphatic heterocycles. The van der Waals surface area contributed by atoms with Gasteiger partial charge in [-0.15, -0.1) is 0 Å². The molecular weight excluding hydrogens is 522 g/mol. The second-order valence-corrected chi connectivity index (χ2v) is 7.58. The number of anilines is 1. The summed E-state index contributed by atoms with van der Waals surface area (Å²) in [6.45, 7) is -0.544. The number of alkyl halides is 3. The van der Waals surface area contributed by atoms with E-state index < -0.39 is 59.1 Å². The third-order valence-corrected chi connectivity index (χ3v) is 5.04. The van der Waals surface area contributed by atoms with E-state index in [1.165, 1.54) is 0 Å². The first-order valence-electron chi connectivity index (χ1n) is 10.2. The first kappa shape index (κ1) is 25.8. The molecule has 0 saturated heterocycles. The molecule has 12 nitrogen and oxygen atoms in total. The van der Waals surface area contributed by atoms with E-state index in [2.05, 4.69) is 20.3 Å². The van der Waals surface area contributed by atoms with Gasteiger partial charge >= 0.3 is 24.2 Å². The predicted octanol–water partition coefficient (Wildman–Crippen LogP) is 3.41. The third kappa shape index (κ3) is 5.28. The van der Waals surface area contributed by atoms with Gasteiger partial charge in [-0.1, -0.05) is 0 Å². The van der Waals surface area contributed by atoms with Gasteiger partial charge in [0, 0.05) is 6.20 Å². The number of benzene rings is 2. The zero-order valence-corrected chi connectivity index (χ0v) is 18.5. The fraction of sp³-hybridized carbons (Fsp3) is 0.0909. The smallest absolute Gasteiger partial charge is 0.418 e. The molecule has 2 aromatic carbocycles. The number of ether oxygens (including phenoxy) is 1. The van der Waals surface area contributed by atoms with Crippen LogP contribution in [-0.4, -0.2) is 47.8 Å². The second-order valence-electron chi connectivity index (χ2n) is 7.58. The molecule has 0 atom stereocenters. The zero-order chi connectivity index (χ0) is 27.8. The second kappa shape index (κ2) is 9.64. The Hall–Kier alpha value is -5.28. The Bertz CT molecular complexity index is 1660. The summed E-state index contributed by atoms with van der Waals surface area (Å²) in [6.07, 6.45) is -3.98. The van der Waals surface area contributed by atoms with Gasteiger partial charge < -0.3 is 24.5 Å². The molecule has 0 fully saturated rings. The summed E-state index contributed by atoms with van der Waals surface area (Å²) in [4.78, 5) is 55.4. The van der Waals surface area contributed by atoms with Crippen molar-refractivity contribution in [3.63, 3.8) is 0 Å². The van der Waals surface area contributed by atoms with Gasteiger partial charge in [-0.05, 0) is 30.3 Å². The van der Waals surface area contributed by atoms with E-state index in [0.29, 0.717) is 12.1 Å². The van der Waals surface area contributed by atoms with Crippen LogP contribution in [0.1, 0.15) is 32.1 Å². The first-order chi connectivity index (χ1) is 17.8. The van der Waals surface area contributed by atoms with E-state index in [-0.39, 0.29) is 28.0 Å². The summed E-state index contributed by atoms with van der Waals surface area (Å²) in [5.74, 6) is -4.09. The van der Waals surface area contributed by atoms with Crippen molar-refractivity contribution in [3.8, 4) is 5.69 Å². The number of hydrogen-bond donors (Lipinski definition) is 4. The molecule has 0 bridgehead atoms. The SMILES string of the molecule is O=C(Nc1ccc(C(=O)O)cc1F)OCc1cn(-c2cc3nc(C(=O)O)c(=O)[nH]c3cc2C(F)(F)F)cn1. The van der Waals surface area contributed by atoms with Crippen molar-refractivity contribution in [1.82, 2.24) is 19.5 Å². The highest BCUT2D eigenvalue weighted by Crippen LogP contribution is 2.35. The number of H-pyrrole nitrogens is 1. The van der Waals surface area contributed by atoms with Crippen LogP contribution in [0.2, 0.25) is 0 Å². The lowest BCUT2D eigenvalue weighted by molar-refractivity contribution is -0.137. The van der Waals surface area contributed by atoms with E-state index in [0.717, 1.165) is 35.3 Å². The van der Waals surface area contributed by atoms with E-state index in [4.69, 9.17) is 14.9 Å². The molecule has 4 N–H and O–H groups in total. The molecule has 2 heterocycles. The molecule has 0 saturated carbocycles. The van der Waals surface area contributed by atoms with Crippen molar-refractivity contribution in [2.45, 2.75) is 12.8 Å². The van der Waals surface area contributed by atoms with Crippen molar-refractivity contribution >= 4 is 34.8 Å². The van der Waals surface area contributed by atoms with Gasteiger partial charge in [-0.3, -0.25) is 10.1 Å². The molecule has 0 radical (unpaired) electrons. The van der Waals surface area contributed by atoms with Crippen LogP contribution in [0.3, 0.4) is 0 Å². The van der Waals surface area contributed by atoms with Crippen LogP contribution in [0, 0.1) is 5.82 Å². The Morgan fingerprint density at radius 3 is 2.47 bits per heavy atom. The van der Waals surface area contributed by atoms with Crippen LogP contribution in [-0.2, 0) is 17.5 Å². The van der Waals surface area contributed by atoms with Crippen molar-refractivity contribution in [1.29, 1.82) is 0 Å². The van der Waals surface area contributed by atoms with Crippen LogP contribution < -0.4 is 10.9 Å². The fourth-order valence-corrected chi connectivity index (χ4v) is 3.31. The molecule has 0 unspecified atom stereocenters. The minimum Gasteiger partial charge on any atom is -0.478 e. The molecule has 0 aliphatic rings. The van der Waals surface area contributed by atoms with E-state index >= 15 is 0 Å². The summed E-state index contributed by atoms with van der Waals surface area (Å²) in [6, 6.07) is 4.24. The topological polar surface area (TPSA) is 176 Å². The number of amides is 1. The van der Waals surface area contributed by atoms with Gasteiger partial charge in [0.15, 0.2) is 0 Å². The van der Waals surface area contributed by atoms with Gasteiger partial charge in [0.25, 0.3) is 5.56 Å². The van der Waals surface area contributed by atoms with Crippen molar-refractivity contribution in [3.05, 3.63) is 81.5 Å².